The van der Waals surface area contributed by atoms with Crippen LogP contribution in [0.4, 0.5) is 5.69 Å². The number of halogens is 2. The van der Waals surface area contributed by atoms with Gasteiger partial charge in [0, 0.05) is 21.8 Å². The summed E-state index contributed by atoms with van der Waals surface area (Å²) in [6.45, 7) is 2.17. The van der Waals surface area contributed by atoms with Gasteiger partial charge in [-0.05, 0) is 42.8 Å². The topological polar surface area (TPSA) is 41.1 Å². The van der Waals surface area contributed by atoms with Gasteiger partial charge in [0.15, 0.2) is 0 Å². The van der Waals surface area contributed by atoms with Crippen LogP contribution < -0.4 is 10.6 Å². The van der Waals surface area contributed by atoms with Crippen LogP contribution >= 0.6 is 23.2 Å². The molecular formula is C16H16Cl2N2O. The molecule has 0 saturated heterocycles. The lowest BCUT2D eigenvalue weighted by Crippen LogP contribution is -2.30. The lowest BCUT2D eigenvalue weighted by Gasteiger charge is -2.15. The van der Waals surface area contributed by atoms with Gasteiger partial charge in [0.25, 0.3) is 0 Å². The molecule has 0 unspecified atom stereocenters. The van der Waals surface area contributed by atoms with Crippen molar-refractivity contribution in [2.24, 2.45) is 0 Å². The van der Waals surface area contributed by atoms with Crippen molar-refractivity contribution in [2.45, 2.75) is 13.0 Å². The minimum absolute atomic E-state index is 0.00494. The van der Waals surface area contributed by atoms with Gasteiger partial charge in [-0.1, -0.05) is 41.4 Å². The molecule has 2 aromatic carbocycles. The Morgan fingerprint density at radius 2 is 1.76 bits per heavy atom. The number of hydrogen-bond acceptors (Lipinski definition) is 2. The van der Waals surface area contributed by atoms with E-state index in [1.165, 1.54) is 0 Å². The van der Waals surface area contributed by atoms with Crippen molar-refractivity contribution in [3.05, 3.63) is 64.1 Å². The average Bonchev–Trinajstić information content (AvgIpc) is 2.48. The summed E-state index contributed by atoms with van der Waals surface area (Å²) in [5, 5.41) is 7.27. The lowest BCUT2D eigenvalue weighted by molar-refractivity contribution is -0.115. The Bertz CT molecular complexity index is 614. The normalized spacial score (nSPS) is 12.0. The summed E-state index contributed by atoms with van der Waals surface area (Å²) in [4.78, 5) is 11.9. The van der Waals surface area contributed by atoms with Crippen molar-refractivity contribution in [2.75, 3.05) is 11.9 Å². The molecule has 110 valence electrons. The Kier molecular flexibility index (Phi) is 5.62. The minimum Gasteiger partial charge on any atom is -0.325 e. The van der Waals surface area contributed by atoms with Gasteiger partial charge in [-0.25, -0.2) is 0 Å². The van der Waals surface area contributed by atoms with Crippen molar-refractivity contribution in [3.8, 4) is 0 Å². The first-order chi connectivity index (χ1) is 10.1. The van der Waals surface area contributed by atoms with E-state index in [4.69, 9.17) is 23.2 Å². The molecule has 1 atom stereocenters. The number of nitrogens with one attached hydrogen (secondary N) is 2. The summed E-state index contributed by atoms with van der Waals surface area (Å²) < 4.78 is 0. The molecule has 5 heteroatoms. The van der Waals surface area contributed by atoms with E-state index in [-0.39, 0.29) is 18.5 Å². The number of anilines is 1. The maximum atomic E-state index is 11.9. The third-order valence-corrected chi connectivity index (χ3v) is 3.66. The molecule has 1 amide bonds. The highest BCUT2D eigenvalue weighted by Gasteiger charge is 2.10. The summed E-state index contributed by atoms with van der Waals surface area (Å²) in [5.41, 5.74) is 1.69. The van der Waals surface area contributed by atoms with Crippen molar-refractivity contribution >= 4 is 34.8 Å². The molecular weight excluding hydrogens is 307 g/mol. The van der Waals surface area contributed by atoms with Gasteiger partial charge in [0.05, 0.1) is 6.54 Å². The number of benzene rings is 2. The maximum absolute atomic E-state index is 11.9. The van der Waals surface area contributed by atoms with E-state index in [1.54, 1.807) is 24.3 Å². The monoisotopic (exact) mass is 322 g/mol. The van der Waals surface area contributed by atoms with Crippen LogP contribution in [-0.2, 0) is 4.79 Å². The Labute approximate surface area is 134 Å². The second kappa shape index (κ2) is 7.46. The van der Waals surface area contributed by atoms with Gasteiger partial charge in [-0.15, -0.1) is 0 Å². The van der Waals surface area contributed by atoms with Crippen molar-refractivity contribution < 1.29 is 4.79 Å². The predicted molar refractivity (Wildman–Crippen MR) is 88.0 cm³/mol. The largest absolute Gasteiger partial charge is 0.325 e. The van der Waals surface area contributed by atoms with Gasteiger partial charge in [-0.2, -0.15) is 0 Å². The summed E-state index contributed by atoms with van der Waals surface area (Å²) in [5.74, 6) is -0.115. The number of rotatable bonds is 5. The van der Waals surface area contributed by atoms with Gasteiger partial charge in [0.1, 0.15) is 0 Å². The zero-order chi connectivity index (χ0) is 15.2. The predicted octanol–water partition coefficient (Wildman–Crippen LogP) is 4.28. The van der Waals surface area contributed by atoms with E-state index in [1.807, 2.05) is 31.2 Å². The summed E-state index contributed by atoms with van der Waals surface area (Å²) in [7, 11) is 0. The molecule has 0 fully saturated rings. The van der Waals surface area contributed by atoms with Gasteiger partial charge in [-0.3, -0.25) is 4.79 Å². The molecule has 0 spiro atoms. The van der Waals surface area contributed by atoms with E-state index in [2.05, 4.69) is 10.6 Å². The van der Waals surface area contributed by atoms with Crippen LogP contribution in [-0.4, -0.2) is 12.5 Å². The SMILES string of the molecule is C[C@H](NCC(=O)Nc1ccc(Cl)cc1)c1ccccc1Cl. The first-order valence-electron chi connectivity index (χ1n) is 6.59. The van der Waals surface area contributed by atoms with Crippen LogP contribution in [0.25, 0.3) is 0 Å². The van der Waals surface area contributed by atoms with Gasteiger partial charge in [0.2, 0.25) is 5.91 Å². The highest BCUT2D eigenvalue weighted by atomic mass is 35.5. The molecule has 0 aliphatic heterocycles. The Morgan fingerprint density at radius 3 is 2.43 bits per heavy atom. The van der Waals surface area contributed by atoms with Crippen molar-refractivity contribution in [3.63, 3.8) is 0 Å². The highest BCUT2D eigenvalue weighted by Crippen LogP contribution is 2.21. The fourth-order valence-corrected chi connectivity index (χ4v) is 2.35. The van der Waals surface area contributed by atoms with Crippen LogP contribution in [0.1, 0.15) is 18.5 Å². The number of carbonyl (C=O) groups is 1. The standard InChI is InChI=1S/C16H16Cl2N2O/c1-11(14-4-2-3-5-15(14)18)19-10-16(21)20-13-8-6-12(17)7-9-13/h2-9,11,19H,10H2,1H3,(H,20,21)/t11-/m0/s1. The third-order valence-electron chi connectivity index (χ3n) is 3.07. The molecule has 0 saturated carbocycles. The second-order valence-corrected chi connectivity index (χ2v) is 5.52. The van der Waals surface area contributed by atoms with E-state index in [0.717, 1.165) is 11.3 Å². The summed E-state index contributed by atoms with van der Waals surface area (Å²) >= 11 is 11.9. The van der Waals surface area contributed by atoms with E-state index in [0.29, 0.717) is 10.0 Å². The second-order valence-electron chi connectivity index (χ2n) is 4.68. The number of hydrogen-bond donors (Lipinski definition) is 2. The maximum Gasteiger partial charge on any atom is 0.238 e. The quantitative estimate of drug-likeness (QED) is 0.862. The van der Waals surface area contributed by atoms with E-state index >= 15 is 0 Å². The van der Waals surface area contributed by atoms with Gasteiger partial charge < -0.3 is 10.6 Å². The molecule has 0 aliphatic carbocycles. The summed E-state index contributed by atoms with van der Waals surface area (Å²) in [6.07, 6.45) is 0. The molecule has 2 aromatic rings. The molecule has 2 N–H and O–H groups in total. The molecule has 2 rings (SSSR count). The van der Waals surface area contributed by atoms with E-state index < -0.39 is 0 Å². The first-order valence-corrected chi connectivity index (χ1v) is 7.35. The molecule has 0 radical (unpaired) electrons. The van der Waals surface area contributed by atoms with Gasteiger partial charge >= 0.3 is 0 Å². The molecule has 21 heavy (non-hydrogen) atoms. The number of amides is 1. The average molecular weight is 323 g/mol. The smallest absolute Gasteiger partial charge is 0.238 e. The Morgan fingerprint density at radius 1 is 1.10 bits per heavy atom. The lowest BCUT2D eigenvalue weighted by atomic mass is 10.1. The molecule has 0 bridgehead atoms. The molecule has 3 nitrogen and oxygen atoms in total. The van der Waals surface area contributed by atoms with Crippen molar-refractivity contribution in [1.29, 1.82) is 0 Å². The first kappa shape index (κ1) is 15.8. The van der Waals surface area contributed by atoms with Crippen molar-refractivity contribution in [1.82, 2.24) is 5.32 Å². The Balaban J connectivity index is 1.86. The zero-order valence-electron chi connectivity index (χ0n) is 11.6. The van der Waals surface area contributed by atoms with Crippen LogP contribution in [0, 0.1) is 0 Å². The fraction of sp³-hybridized carbons (Fsp3) is 0.188. The zero-order valence-corrected chi connectivity index (χ0v) is 13.1. The minimum atomic E-state index is -0.115. The van der Waals surface area contributed by atoms with Crippen LogP contribution in [0.15, 0.2) is 48.5 Å². The van der Waals surface area contributed by atoms with Crippen LogP contribution in [0.2, 0.25) is 10.0 Å². The highest BCUT2D eigenvalue weighted by molar-refractivity contribution is 6.31. The fourth-order valence-electron chi connectivity index (χ4n) is 1.92. The molecule has 0 aromatic heterocycles. The van der Waals surface area contributed by atoms with Crippen LogP contribution in [0.5, 0.6) is 0 Å². The molecule has 0 aliphatic rings. The third kappa shape index (κ3) is 4.74. The van der Waals surface area contributed by atoms with Crippen LogP contribution in [0.3, 0.4) is 0 Å². The Hall–Kier alpha value is -1.55. The molecule has 0 heterocycles. The van der Waals surface area contributed by atoms with E-state index in [9.17, 15) is 4.79 Å². The number of carbonyl (C=O) groups excluding carboxylic acids is 1. The summed E-state index contributed by atoms with van der Waals surface area (Å²) in [6, 6.07) is 14.6.